The van der Waals surface area contributed by atoms with Gasteiger partial charge in [-0.3, -0.25) is 0 Å². The van der Waals surface area contributed by atoms with Gasteiger partial charge in [-0.1, -0.05) is 6.07 Å². The molecule has 5 heteroatoms. The average molecular weight is 389 g/mol. The summed E-state index contributed by atoms with van der Waals surface area (Å²) in [4.78, 5) is 6.20. The first-order chi connectivity index (χ1) is 10.0. The third-order valence-corrected chi connectivity index (χ3v) is 6.56. The lowest BCUT2D eigenvalue weighted by Crippen LogP contribution is -3.11. The Labute approximate surface area is 144 Å². The molecular weight excluding hydrogens is 364 g/mol. The van der Waals surface area contributed by atoms with Gasteiger partial charge < -0.3 is 9.80 Å². The first kappa shape index (κ1) is 17.2. The van der Waals surface area contributed by atoms with E-state index in [1.54, 1.807) is 9.80 Å². The largest absolute Gasteiger partial charge is 0.340 e. The van der Waals surface area contributed by atoms with Crippen LogP contribution in [0.1, 0.15) is 21.7 Å². The van der Waals surface area contributed by atoms with Crippen LogP contribution in [0.4, 0.5) is 0 Å². The Balaban J connectivity index is 1.96. The van der Waals surface area contributed by atoms with Crippen LogP contribution < -0.4 is 9.80 Å². The third-order valence-electron chi connectivity index (χ3n) is 3.54. The van der Waals surface area contributed by atoms with Crippen molar-refractivity contribution < 1.29 is 9.80 Å². The second-order valence-electron chi connectivity index (χ2n) is 5.91. The zero-order valence-electron chi connectivity index (χ0n) is 13.0. The molecule has 0 aliphatic heterocycles. The van der Waals surface area contributed by atoms with Crippen LogP contribution in [0.2, 0.25) is 0 Å². The van der Waals surface area contributed by atoms with Crippen molar-refractivity contribution in [1.82, 2.24) is 0 Å². The molecule has 2 nitrogen and oxygen atoms in total. The first-order valence-electron chi connectivity index (χ1n) is 7.44. The summed E-state index contributed by atoms with van der Waals surface area (Å²) in [5.74, 6) is 0. The molecule has 0 aliphatic carbocycles. The van der Waals surface area contributed by atoms with Gasteiger partial charge in [-0.05, 0) is 45.9 Å². The van der Waals surface area contributed by atoms with E-state index in [2.05, 4.69) is 60.5 Å². The van der Waals surface area contributed by atoms with Gasteiger partial charge >= 0.3 is 0 Å². The Morgan fingerprint density at radius 3 is 2.48 bits per heavy atom. The van der Waals surface area contributed by atoms with E-state index in [0.29, 0.717) is 0 Å². The summed E-state index contributed by atoms with van der Waals surface area (Å²) in [6.07, 6.45) is 1.29. The molecule has 2 N–H and O–H groups in total. The molecule has 0 aromatic carbocycles. The molecular formula is C16H25BrN2S2+2. The summed E-state index contributed by atoms with van der Waals surface area (Å²) < 4.78 is 1.28. The molecule has 0 aliphatic rings. The van der Waals surface area contributed by atoms with Gasteiger partial charge in [0.05, 0.1) is 40.7 Å². The maximum atomic E-state index is 3.65. The van der Waals surface area contributed by atoms with Crippen molar-refractivity contribution in [2.45, 2.75) is 26.4 Å². The maximum Gasteiger partial charge on any atom is 0.112 e. The van der Waals surface area contributed by atoms with Crippen molar-refractivity contribution in [1.29, 1.82) is 0 Å². The fourth-order valence-corrected chi connectivity index (χ4v) is 4.92. The number of rotatable bonds is 8. The van der Waals surface area contributed by atoms with Crippen LogP contribution in [0.3, 0.4) is 0 Å². The van der Waals surface area contributed by atoms with Gasteiger partial charge in [0.1, 0.15) is 13.1 Å². The summed E-state index contributed by atoms with van der Waals surface area (Å²) in [7, 11) is 4.47. The van der Waals surface area contributed by atoms with Gasteiger partial charge in [0.2, 0.25) is 0 Å². The highest BCUT2D eigenvalue weighted by Crippen LogP contribution is 2.26. The molecule has 2 aromatic rings. The minimum Gasteiger partial charge on any atom is -0.340 e. The van der Waals surface area contributed by atoms with Crippen molar-refractivity contribution in [3.05, 3.63) is 42.7 Å². The zero-order valence-corrected chi connectivity index (χ0v) is 16.3. The monoisotopic (exact) mass is 388 g/mol. The number of thiophene rings is 2. The second-order valence-corrected chi connectivity index (χ2v) is 9.40. The van der Waals surface area contributed by atoms with E-state index >= 15 is 0 Å². The lowest BCUT2D eigenvalue weighted by molar-refractivity contribution is -0.932. The van der Waals surface area contributed by atoms with Crippen LogP contribution in [0.25, 0.3) is 0 Å². The Morgan fingerprint density at radius 2 is 1.90 bits per heavy atom. The molecule has 0 bridgehead atoms. The molecule has 0 spiro atoms. The van der Waals surface area contributed by atoms with E-state index in [-0.39, 0.29) is 0 Å². The highest BCUT2D eigenvalue weighted by atomic mass is 79.9. The molecule has 0 radical (unpaired) electrons. The van der Waals surface area contributed by atoms with E-state index in [9.17, 15) is 0 Å². The van der Waals surface area contributed by atoms with Crippen LogP contribution >= 0.6 is 38.6 Å². The lowest BCUT2D eigenvalue weighted by atomic mass is 10.3. The first-order valence-corrected chi connectivity index (χ1v) is 9.93. The van der Waals surface area contributed by atoms with E-state index in [1.807, 2.05) is 22.7 Å². The predicted octanol–water partition coefficient (Wildman–Crippen LogP) is 2.00. The number of hydrogen-bond acceptors (Lipinski definition) is 2. The number of nitrogens with one attached hydrogen (secondary N) is 2. The molecule has 0 fully saturated rings. The molecule has 0 amide bonds. The lowest BCUT2D eigenvalue weighted by Gasteiger charge is -2.18. The molecule has 0 saturated heterocycles. The molecule has 2 aromatic heterocycles. The van der Waals surface area contributed by atoms with Crippen LogP contribution in [-0.2, 0) is 13.1 Å². The molecule has 116 valence electrons. The van der Waals surface area contributed by atoms with Gasteiger partial charge in [0.15, 0.2) is 0 Å². The van der Waals surface area contributed by atoms with Gasteiger partial charge in [-0.25, -0.2) is 0 Å². The van der Waals surface area contributed by atoms with Crippen molar-refractivity contribution in [2.24, 2.45) is 0 Å². The Bertz CT molecular complexity index is 515. The van der Waals surface area contributed by atoms with Gasteiger partial charge in [0.25, 0.3) is 0 Å². The smallest absolute Gasteiger partial charge is 0.112 e. The van der Waals surface area contributed by atoms with Crippen LogP contribution in [0.5, 0.6) is 0 Å². The second kappa shape index (κ2) is 8.44. The fourth-order valence-electron chi connectivity index (χ4n) is 2.45. The summed E-state index contributed by atoms with van der Waals surface area (Å²) >= 11 is 7.41. The predicted molar refractivity (Wildman–Crippen MR) is 96.6 cm³/mol. The highest BCUT2D eigenvalue weighted by Gasteiger charge is 2.14. The SMILES string of the molecule is Cc1cc(C[NH+](CCC[NH+](C)C)Cc2cccs2)sc1Br. The number of hydrogen-bond donors (Lipinski definition) is 2. The Hall–Kier alpha value is -0.200. The van der Waals surface area contributed by atoms with Crippen LogP contribution in [0.15, 0.2) is 27.4 Å². The van der Waals surface area contributed by atoms with E-state index in [0.717, 1.165) is 13.1 Å². The minimum absolute atomic E-state index is 1.14. The molecule has 1 unspecified atom stereocenters. The van der Waals surface area contributed by atoms with Crippen molar-refractivity contribution in [3.8, 4) is 0 Å². The number of aryl methyl sites for hydroxylation is 1. The molecule has 21 heavy (non-hydrogen) atoms. The molecule has 0 saturated carbocycles. The topological polar surface area (TPSA) is 8.88 Å². The quantitative estimate of drug-likeness (QED) is 0.684. The van der Waals surface area contributed by atoms with Crippen molar-refractivity contribution in [3.63, 3.8) is 0 Å². The van der Waals surface area contributed by atoms with Crippen LogP contribution in [-0.4, -0.2) is 27.2 Å². The highest BCUT2D eigenvalue weighted by molar-refractivity contribution is 9.11. The average Bonchev–Trinajstić information content (AvgIpc) is 3.00. The van der Waals surface area contributed by atoms with Gasteiger partial charge in [-0.15, -0.1) is 22.7 Å². The summed E-state index contributed by atoms with van der Waals surface area (Å²) in [6.45, 7) is 6.96. The zero-order chi connectivity index (χ0) is 15.2. The summed E-state index contributed by atoms with van der Waals surface area (Å²) in [5, 5.41) is 2.18. The third kappa shape index (κ3) is 5.83. The fraction of sp³-hybridized carbons (Fsp3) is 0.500. The number of quaternary nitrogens is 2. The molecule has 2 heterocycles. The van der Waals surface area contributed by atoms with E-state index in [4.69, 9.17) is 0 Å². The van der Waals surface area contributed by atoms with E-state index < -0.39 is 0 Å². The molecule has 1 atom stereocenters. The Morgan fingerprint density at radius 1 is 1.14 bits per heavy atom. The minimum atomic E-state index is 1.14. The summed E-state index contributed by atoms with van der Waals surface area (Å²) in [6, 6.07) is 6.76. The standard InChI is InChI=1S/C16H23BrN2S2/c1-13-10-15(21-16(13)17)12-19(8-5-7-18(2)3)11-14-6-4-9-20-14/h4,6,9-10H,5,7-8,11-12H2,1-3H3/p+2. The van der Waals surface area contributed by atoms with Gasteiger partial charge in [-0.2, -0.15) is 0 Å². The maximum absolute atomic E-state index is 3.65. The van der Waals surface area contributed by atoms with Crippen LogP contribution in [0, 0.1) is 6.92 Å². The van der Waals surface area contributed by atoms with Crippen molar-refractivity contribution >= 4 is 38.6 Å². The Kier molecular flexibility index (Phi) is 6.89. The molecule has 2 rings (SSSR count). The van der Waals surface area contributed by atoms with Crippen molar-refractivity contribution in [2.75, 3.05) is 27.2 Å². The van der Waals surface area contributed by atoms with E-state index in [1.165, 1.54) is 38.6 Å². The van der Waals surface area contributed by atoms with Gasteiger partial charge in [0, 0.05) is 6.42 Å². The normalized spacial score (nSPS) is 13.0. The summed E-state index contributed by atoms with van der Waals surface area (Å²) in [5.41, 5.74) is 1.36. The number of halogens is 1.